The minimum atomic E-state index is -1.48. The highest BCUT2D eigenvalue weighted by Crippen LogP contribution is 2.25. The molecule has 0 radical (unpaired) electrons. The van der Waals surface area contributed by atoms with Gasteiger partial charge in [-0.1, -0.05) is 18.6 Å². The second-order valence-electron chi connectivity index (χ2n) is 5.16. The number of aromatic nitrogens is 2. The highest BCUT2D eigenvalue weighted by molar-refractivity contribution is 7.71. The van der Waals surface area contributed by atoms with Crippen LogP contribution in [0.1, 0.15) is 30.5 Å². The molecule has 0 unspecified atom stereocenters. The van der Waals surface area contributed by atoms with Crippen LogP contribution in [0.3, 0.4) is 0 Å². The van der Waals surface area contributed by atoms with Gasteiger partial charge in [-0.3, -0.25) is 0 Å². The lowest BCUT2D eigenvalue weighted by molar-refractivity contribution is 0.447. The van der Waals surface area contributed by atoms with E-state index in [-0.39, 0.29) is 11.4 Å². The topological polar surface area (TPSA) is 28.7 Å². The van der Waals surface area contributed by atoms with Crippen LogP contribution in [0.25, 0.3) is 11.4 Å². The first kappa shape index (κ1) is 14.3. The first-order valence-corrected chi connectivity index (χ1v) is 7.24. The summed E-state index contributed by atoms with van der Waals surface area (Å²) >= 11 is 5.29. The molecule has 2 aromatic rings. The molecule has 110 valence electrons. The molecule has 0 fully saturated rings. The Morgan fingerprint density at radius 3 is 2.38 bits per heavy atom. The van der Waals surface area contributed by atoms with Gasteiger partial charge in [0.05, 0.1) is 0 Å². The largest absolute Gasteiger partial charge is 0.343 e. The summed E-state index contributed by atoms with van der Waals surface area (Å²) in [5.41, 5.74) is 2.13. The minimum Gasteiger partial charge on any atom is -0.343 e. The lowest BCUT2D eigenvalue weighted by atomic mass is 10.1. The molecule has 3 rings (SSSR count). The van der Waals surface area contributed by atoms with E-state index in [9.17, 15) is 13.2 Å². The summed E-state index contributed by atoms with van der Waals surface area (Å²) in [7, 11) is 0. The van der Waals surface area contributed by atoms with Crippen molar-refractivity contribution in [2.75, 3.05) is 0 Å². The predicted molar refractivity (Wildman–Crippen MR) is 76.0 cm³/mol. The lowest BCUT2D eigenvalue weighted by Gasteiger charge is -2.10. The molecule has 0 spiro atoms. The van der Waals surface area contributed by atoms with Crippen molar-refractivity contribution in [2.24, 2.45) is 0 Å². The van der Waals surface area contributed by atoms with Crippen LogP contribution >= 0.6 is 12.2 Å². The molecule has 0 saturated heterocycles. The zero-order valence-corrected chi connectivity index (χ0v) is 12.0. The molecule has 1 aromatic heterocycles. The third-order valence-electron chi connectivity index (χ3n) is 3.72. The standard InChI is InChI=1S/C15H13F3N2S/c16-10-6-8(7-11(17)13(10)18)14-19-12-5-3-1-2-4-9(12)15(21)20-14/h6-7H,1-5H2,(H,19,20,21). The summed E-state index contributed by atoms with van der Waals surface area (Å²) in [4.78, 5) is 7.32. The van der Waals surface area contributed by atoms with Gasteiger partial charge in [0.2, 0.25) is 0 Å². The monoisotopic (exact) mass is 310 g/mol. The van der Waals surface area contributed by atoms with Gasteiger partial charge in [0.1, 0.15) is 10.5 Å². The number of halogens is 3. The maximum atomic E-state index is 13.3. The minimum absolute atomic E-state index is 0.157. The molecular formula is C15H13F3N2S. The van der Waals surface area contributed by atoms with Crippen LogP contribution in [0.2, 0.25) is 0 Å². The van der Waals surface area contributed by atoms with Gasteiger partial charge in [-0.2, -0.15) is 0 Å². The number of nitrogens with one attached hydrogen (secondary N) is 1. The molecule has 1 aliphatic carbocycles. The van der Waals surface area contributed by atoms with Crippen molar-refractivity contribution >= 4 is 12.2 Å². The van der Waals surface area contributed by atoms with Crippen LogP contribution in [-0.4, -0.2) is 9.97 Å². The van der Waals surface area contributed by atoms with E-state index in [1.807, 2.05) is 0 Å². The summed E-state index contributed by atoms with van der Waals surface area (Å²) in [6.07, 6.45) is 4.91. The molecule has 2 nitrogen and oxygen atoms in total. The van der Waals surface area contributed by atoms with Gasteiger partial charge in [-0.15, -0.1) is 0 Å². The van der Waals surface area contributed by atoms with Gasteiger partial charge in [0.25, 0.3) is 0 Å². The predicted octanol–water partition coefficient (Wildman–Crippen LogP) is 4.49. The number of hydrogen-bond acceptors (Lipinski definition) is 2. The average Bonchev–Trinajstić information content (AvgIpc) is 2.69. The smallest absolute Gasteiger partial charge is 0.194 e. The van der Waals surface area contributed by atoms with Gasteiger partial charge < -0.3 is 4.98 Å². The molecule has 1 aromatic carbocycles. The van der Waals surface area contributed by atoms with Crippen LogP contribution in [0.4, 0.5) is 13.2 Å². The van der Waals surface area contributed by atoms with Crippen molar-refractivity contribution < 1.29 is 13.2 Å². The fraction of sp³-hybridized carbons (Fsp3) is 0.333. The van der Waals surface area contributed by atoms with Gasteiger partial charge in [0.15, 0.2) is 17.5 Å². The fourth-order valence-corrected chi connectivity index (χ4v) is 2.94. The number of fused-ring (bicyclic) bond motifs is 1. The van der Waals surface area contributed by atoms with Gasteiger partial charge in [-0.25, -0.2) is 18.2 Å². The molecule has 0 aliphatic heterocycles. The van der Waals surface area contributed by atoms with Gasteiger partial charge >= 0.3 is 0 Å². The lowest BCUT2D eigenvalue weighted by Crippen LogP contribution is -2.03. The molecule has 1 heterocycles. The summed E-state index contributed by atoms with van der Waals surface area (Å²) in [5, 5.41) is 0. The Kier molecular flexibility index (Phi) is 3.80. The second-order valence-corrected chi connectivity index (χ2v) is 5.55. The summed E-state index contributed by atoms with van der Waals surface area (Å²) < 4.78 is 40.2. The van der Waals surface area contributed by atoms with E-state index in [1.54, 1.807) is 0 Å². The van der Waals surface area contributed by atoms with E-state index >= 15 is 0 Å². The van der Waals surface area contributed by atoms with Crippen LogP contribution < -0.4 is 0 Å². The summed E-state index contributed by atoms with van der Waals surface area (Å²) in [6, 6.07) is 1.85. The zero-order valence-electron chi connectivity index (χ0n) is 11.2. The Morgan fingerprint density at radius 1 is 1.00 bits per heavy atom. The third-order valence-corrected chi connectivity index (χ3v) is 4.05. The zero-order chi connectivity index (χ0) is 15.0. The average molecular weight is 310 g/mol. The van der Waals surface area contributed by atoms with Crippen molar-refractivity contribution in [2.45, 2.75) is 32.1 Å². The number of aromatic amines is 1. The number of nitrogens with zero attached hydrogens (tertiary/aromatic N) is 1. The quantitative estimate of drug-likeness (QED) is 0.477. The molecule has 0 bridgehead atoms. The number of hydrogen-bond donors (Lipinski definition) is 1. The number of aryl methyl sites for hydroxylation is 1. The Bertz CT molecular complexity index is 732. The molecule has 0 saturated carbocycles. The normalized spacial score (nSPS) is 14.6. The van der Waals surface area contributed by atoms with E-state index in [4.69, 9.17) is 12.2 Å². The molecule has 0 atom stereocenters. The van der Waals surface area contributed by atoms with Crippen molar-refractivity contribution in [3.05, 3.63) is 45.5 Å². The van der Waals surface area contributed by atoms with Crippen LogP contribution in [-0.2, 0) is 12.8 Å². The van der Waals surface area contributed by atoms with Gasteiger partial charge in [-0.05, 0) is 37.8 Å². The Balaban J connectivity index is 2.14. The van der Waals surface area contributed by atoms with E-state index in [0.29, 0.717) is 4.64 Å². The first-order chi connectivity index (χ1) is 10.1. The third kappa shape index (κ3) is 2.72. The van der Waals surface area contributed by atoms with E-state index in [1.165, 1.54) is 0 Å². The van der Waals surface area contributed by atoms with Crippen molar-refractivity contribution in [1.82, 2.24) is 9.97 Å². The molecule has 0 amide bonds. The second kappa shape index (κ2) is 5.60. The highest BCUT2D eigenvalue weighted by atomic mass is 32.1. The van der Waals surface area contributed by atoms with E-state index < -0.39 is 17.5 Å². The van der Waals surface area contributed by atoms with Gasteiger partial charge in [0, 0.05) is 16.8 Å². The van der Waals surface area contributed by atoms with E-state index in [0.717, 1.165) is 55.5 Å². The van der Waals surface area contributed by atoms with Crippen LogP contribution in [0.5, 0.6) is 0 Å². The first-order valence-electron chi connectivity index (χ1n) is 6.83. The molecular weight excluding hydrogens is 297 g/mol. The summed E-state index contributed by atoms with van der Waals surface area (Å²) in [5.74, 6) is -3.67. The Hall–Kier alpha value is -1.69. The fourth-order valence-electron chi connectivity index (χ4n) is 2.62. The maximum absolute atomic E-state index is 13.3. The van der Waals surface area contributed by atoms with Crippen LogP contribution in [0.15, 0.2) is 12.1 Å². The Labute approximate surface area is 125 Å². The van der Waals surface area contributed by atoms with Crippen molar-refractivity contribution in [1.29, 1.82) is 0 Å². The highest BCUT2D eigenvalue weighted by Gasteiger charge is 2.16. The van der Waals surface area contributed by atoms with E-state index in [2.05, 4.69) is 9.97 Å². The number of rotatable bonds is 1. The molecule has 6 heteroatoms. The van der Waals surface area contributed by atoms with Crippen LogP contribution in [0, 0.1) is 22.1 Å². The molecule has 21 heavy (non-hydrogen) atoms. The molecule has 1 aliphatic rings. The SMILES string of the molecule is Fc1cc(-c2nc(=S)c3c([nH]2)CCCCC3)cc(F)c1F. The summed E-state index contributed by atoms with van der Waals surface area (Å²) in [6.45, 7) is 0. The number of H-pyrrole nitrogens is 1. The maximum Gasteiger partial charge on any atom is 0.194 e. The Morgan fingerprint density at radius 2 is 1.67 bits per heavy atom. The number of benzene rings is 1. The molecule has 1 N–H and O–H groups in total. The van der Waals surface area contributed by atoms with Crippen molar-refractivity contribution in [3.63, 3.8) is 0 Å². The van der Waals surface area contributed by atoms with Crippen molar-refractivity contribution in [3.8, 4) is 11.4 Å².